The van der Waals surface area contributed by atoms with Crippen LogP contribution in [-0.4, -0.2) is 73.6 Å². The number of imidazole rings is 1. The SMILES string of the molecule is Cn1c(=O)n(CC2CCCN2CC(F)(F)F)c2cc(Nc3nc(N4CC(C)(C)OC(C)(C)C4)ncc3Cl)ccc21. The van der Waals surface area contributed by atoms with E-state index in [9.17, 15) is 18.0 Å². The van der Waals surface area contributed by atoms with Gasteiger partial charge in [0.15, 0.2) is 5.82 Å². The molecular formula is C27H35ClF3N7O2. The Balaban J connectivity index is 1.43. The van der Waals surface area contributed by atoms with Gasteiger partial charge in [0, 0.05) is 38.4 Å². The summed E-state index contributed by atoms with van der Waals surface area (Å²) in [5.74, 6) is 0.921. The van der Waals surface area contributed by atoms with Crippen LogP contribution in [0.1, 0.15) is 40.5 Å². The summed E-state index contributed by atoms with van der Waals surface area (Å²) < 4.78 is 48.6. The van der Waals surface area contributed by atoms with E-state index >= 15 is 0 Å². The summed E-state index contributed by atoms with van der Waals surface area (Å²) in [5, 5.41) is 3.58. The van der Waals surface area contributed by atoms with Crippen LogP contribution >= 0.6 is 11.6 Å². The lowest BCUT2D eigenvalue weighted by molar-refractivity contribution is -0.148. The molecule has 0 bridgehead atoms. The van der Waals surface area contributed by atoms with E-state index in [1.54, 1.807) is 29.9 Å². The number of benzene rings is 1. The zero-order valence-electron chi connectivity index (χ0n) is 23.3. The van der Waals surface area contributed by atoms with Crippen LogP contribution < -0.4 is 15.9 Å². The molecule has 13 heteroatoms. The maximum atomic E-state index is 13.1. The summed E-state index contributed by atoms with van der Waals surface area (Å²) in [6.07, 6.45) is -1.47. The Hall–Kier alpha value is -2.83. The van der Waals surface area contributed by atoms with Crippen LogP contribution in [0.5, 0.6) is 0 Å². The molecule has 2 aliphatic rings. The highest BCUT2D eigenvalue weighted by Crippen LogP contribution is 2.33. The van der Waals surface area contributed by atoms with Gasteiger partial charge in [0.2, 0.25) is 5.95 Å². The standard InChI is InChI=1S/C27H35ClF3N7O2/c1-25(2)14-37(15-26(3,4)40-25)23-32-12-19(28)22(34-23)33-17-8-9-20-21(11-17)38(24(39)35(20)5)13-18-7-6-10-36(18)16-27(29,30)31/h8-9,11-12,18H,6-7,10,13-16H2,1-5H3,(H,32,33,34). The second-order valence-electron chi connectivity index (χ2n) is 12.0. The number of halogens is 4. The molecule has 218 valence electrons. The number of fused-ring (bicyclic) bond motifs is 1. The minimum Gasteiger partial charge on any atom is -0.366 e. The number of ether oxygens (including phenoxy) is 1. The van der Waals surface area contributed by atoms with Gasteiger partial charge in [0.25, 0.3) is 0 Å². The number of morpholine rings is 1. The summed E-state index contributed by atoms with van der Waals surface area (Å²) in [5.41, 5.74) is 0.886. The Labute approximate surface area is 235 Å². The van der Waals surface area contributed by atoms with Crippen molar-refractivity contribution >= 4 is 40.1 Å². The molecule has 3 aromatic rings. The Morgan fingerprint density at radius 1 is 1.15 bits per heavy atom. The summed E-state index contributed by atoms with van der Waals surface area (Å²) >= 11 is 6.47. The average molecular weight is 582 g/mol. The summed E-state index contributed by atoms with van der Waals surface area (Å²) in [6, 6.07) is 5.05. The van der Waals surface area contributed by atoms with Crippen LogP contribution in [0.4, 0.5) is 30.6 Å². The predicted molar refractivity (Wildman–Crippen MR) is 150 cm³/mol. The maximum Gasteiger partial charge on any atom is 0.401 e. The zero-order chi connectivity index (χ0) is 29.0. The number of aromatic nitrogens is 4. The number of nitrogens with one attached hydrogen (secondary N) is 1. The topological polar surface area (TPSA) is 80.5 Å². The Bertz CT molecular complexity index is 1450. The number of anilines is 3. The highest BCUT2D eigenvalue weighted by Gasteiger charge is 2.39. The van der Waals surface area contributed by atoms with Gasteiger partial charge in [-0.05, 0) is 65.3 Å². The Morgan fingerprint density at radius 2 is 1.85 bits per heavy atom. The fourth-order valence-electron chi connectivity index (χ4n) is 6.08. The highest BCUT2D eigenvalue weighted by atomic mass is 35.5. The Kier molecular flexibility index (Phi) is 7.33. The van der Waals surface area contributed by atoms with Crippen molar-refractivity contribution in [2.45, 2.75) is 70.5 Å². The lowest BCUT2D eigenvalue weighted by atomic mass is 9.99. The quantitative estimate of drug-likeness (QED) is 0.441. The lowest BCUT2D eigenvalue weighted by Crippen LogP contribution is -2.57. The average Bonchev–Trinajstić information content (AvgIpc) is 3.34. The highest BCUT2D eigenvalue weighted by molar-refractivity contribution is 6.32. The van der Waals surface area contributed by atoms with E-state index in [0.717, 1.165) is 0 Å². The zero-order valence-corrected chi connectivity index (χ0v) is 24.1. The van der Waals surface area contributed by atoms with Gasteiger partial charge in [-0.2, -0.15) is 18.2 Å². The van der Waals surface area contributed by atoms with E-state index in [-0.39, 0.29) is 18.3 Å². The molecule has 9 nitrogen and oxygen atoms in total. The molecule has 0 radical (unpaired) electrons. The molecule has 0 spiro atoms. The molecular weight excluding hydrogens is 547 g/mol. The van der Waals surface area contributed by atoms with Crippen molar-refractivity contribution in [3.63, 3.8) is 0 Å². The first-order valence-electron chi connectivity index (χ1n) is 13.4. The van der Waals surface area contributed by atoms with Crippen molar-refractivity contribution in [1.29, 1.82) is 0 Å². The number of likely N-dealkylation sites (tertiary alicyclic amines) is 1. The number of hydrogen-bond donors (Lipinski definition) is 1. The van der Waals surface area contributed by atoms with E-state index in [0.29, 0.717) is 66.0 Å². The molecule has 4 heterocycles. The molecule has 1 atom stereocenters. The van der Waals surface area contributed by atoms with Crippen LogP contribution in [0, 0.1) is 0 Å². The van der Waals surface area contributed by atoms with E-state index in [1.807, 2.05) is 33.8 Å². The molecule has 1 N–H and O–H groups in total. The van der Waals surface area contributed by atoms with Gasteiger partial charge in [-0.3, -0.25) is 14.0 Å². The normalized spacial score (nSPS) is 21.3. The largest absolute Gasteiger partial charge is 0.401 e. The van der Waals surface area contributed by atoms with Crippen molar-refractivity contribution in [2.75, 3.05) is 36.4 Å². The van der Waals surface area contributed by atoms with Crippen molar-refractivity contribution in [1.82, 2.24) is 24.0 Å². The maximum absolute atomic E-state index is 13.1. The van der Waals surface area contributed by atoms with Gasteiger partial charge in [0.05, 0.1) is 35.0 Å². The minimum atomic E-state index is -4.29. The lowest BCUT2D eigenvalue weighted by Gasteiger charge is -2.47. The van der Waals surface area contributed by atoms with Crippen molar-refractivity contribution in [3.8, 4) is 0 Å². The van der Waals surface area contributed by atoms with E-state index in [4.69, 9.17) is 21.3 Å². The fourth-order valence-corrected chi connectivity index (χ4v) is 6.22. The van der Waals surface area contributed by atoms with Gasteiger partial charge < -0.3 is 15.0 Å². The van der Waals surface area contributed by atoms with Crippen LogP contribution in [-0.2, 0) is 18.3 Å². The predicted octanol–water partition coefficient (Wildman–Crippen LogP) is 4.95. The van der Waals surface area contributed by atoms with E-state index < -0.39 is 23.9 Å². The van der Waals surface area contributed by atoms with E-state index in [1.165, 1.54) is 9.47 Å². The van der Waals surface area contributed by atoms with Gasteiger partial charge in [-0.1, -0.05) is 11.6 Å². The van der Waals surface area contributed by atoms with Crippen molar-refractivity contribution in [2.24, 2.45) is 7.05 Å². The van der Waals surface area contributed by atoms with Crippen LogP contribution in [0.2, 0.25) is 5.02 Å². The fraction of sp³-hybridized carbons (Fsp3) is 0.593. The van der Waals surface area contributed by atoms with Gasteiger partial charge in [-0.25, -0.2) is 9.78 Å². The number of hydrogen-bond acceptors (Lipinski definition) is 7. The molecule has 5 rings (SSSR count). The second kappa shape index (κ2) is 10.2. The van der Waals surface area contributed by atoms with Crippen LogP contribution in [0.15, 0.2) is 29.2 Å². The monoisotopic (exact) mass is 581 g/mol. The molecule has 0 aliphatic carbocycles. The minimum absolute atomic E-state index is 0.177. The summed E-state index contributed by atoms with van der Waals surface area (Å²) in [4.78, 5) is 25.8. The first kappa shape index (κ1) is 28.7. The number of aryl methyl sites for hydroxylation is 1. The molecule has 40 heavy (non-hydrogen) atoms. The second-order valence-corrected chi connectivity index (χ2v) is 12.4. The molecule has 2 fully saturated rings. The first-order valence-corrected chi connectivity index (χ1v) is 13.7. The van der Waals surface area contributed by atoms with Gasteiger partial charge in [0.1, 0.15) is 5.02 Å². The van der Waals surface area contributed by atoms with E-state index in [2.05, 4.69) is 15.2 Å². The number of alkyl halides is 3. The first-order chi connectivity index (χ1) is 18.6. The molecule has 2 aromatic heterocycles. The third-order valence-corrected chi connectivity index (χ3v) is 7.67. The number of rotatable bonds is 6. The molecule has 0 amide bonds. The van der Waals surface area contributed by atoms with Crippen LogP contribution in [0.3, 0.4) is 0 Å². The van der Waals surface area contributed by atoms with Crippen molar-refractivity contribution in [3.05, 3.63) is 39.9 Å². The third-order valence-electron chi connectivity index (χ3n) is 7.39. The van der Waals surface area contributed by atoms with Gasteiger partial charge in [-0.15, -0.1) is 0 Å². The van der Waals surface area contributed by atoms with Crippen molar-refractivity contribution < 1.29 is 17.9 Å². The Morgan fingerprint density at radius 3 is 2.52 bits per heavy atom. The van der Waals surface area contributed by atoms with Gasteiger partial charge >= 0.3 is 11.9 Å². The molecule has 1 aromatic carbocycles. The van der Waals surface area contributed by atoms with Crippen LogP contribution in [0.25, 0.3) is 11.0 Å². The summed E-state index contributed by atoms with van der Waals surface area (Å²) in [7, 11) is 1.66. The summed E-state index contributed by atoms with van der Waals surface area (Å²) in [6.45, 7) is 8.88. The number of nitrogens with zero attached hydrogens (tertiary/aromatic N) is 6. The molecule has 1 unspecified atom stereocenters. The molecule has 2 aliphatic heterocycles. The smallest absolute Gasteiger partial charge is 0.366 e. The molecule has 0 saturated carbocycles. The molecule has 2 saturated heterocycles. The third kappa shape index (κ3) is 6.08.